The number of fused-ring (bicyclic) bond motifs is 1. The SMILES string of the molecule is C[C@H]1N(c2cc3c(cc2F)c(=O)c(C(=O)O)cn3C2CC2)C[C@@]1(C)N. The van der Waals surface area contributed by atoms with Crippen LogP contribution in [0, 0.1) is 5.82 Å². The van der Waals surface area contributed by atoms with Crippen LogP contribution in [-0.4, -0.2) is 33.8 Å². The summed E-state index contributed by atoms with van der Waals surface area (Å²) in [6.45, 7) is 4.39. The van der Waals surface area contributed by atoms with Crippen LogP contribution in [0.4, 0.5) is 10.1 Å². The van der Waals surface area contributed by atoms with Crippen LogP contribution in [0.15, 0.2) is 23.1 Å². The summed E-state index contributed by atoms with van der Waals surface area (Å²) in [5.41, 5.74) is 5.76. The monoisotopic (exact) mass is 345 g/mol. The lowest BCUT2D eigenvalue weighted by molar-refractivity contribution is 0.0695. The van der Waals surface area contributed by atoms with Crippen molar-refractivity contribution in [2.45, 2.75) is 44.3 Å². The second kappa shape index (κ2) is 5.05. The molecule has 2 aromatic rings. The molecule has 1 saturated heterocycles. The smallest absolute Gasteiger partial charge is 0.341 e. The number of halogens is 1. The molecule has 1 aromatic heterocycles. The number of anilines is 1. The molecule has 2 aliphatic rings. The van der Waals surface area contributed by atoms with E-state index in [9.17, 15) is 19.1 Å². The zero-order chi connectivity index (χ0) is 18.1. The standard InChI is InChI=1S/C18H20FN3O3/c1-9-18(2,20)8-22(9)15-6-14-11(5-13(15)19)16(23)12(17(24)25)7-21(14)10-3-4-10/h5-7,9-10H,3-4,8,20H2,1-2H3,(H,24,25)/t9-,18-/m1/s1. The van der Waals surface area contributed by atoms with E-state index in [-0.39, 0.29) is 28.6 Å². The average Bonchev–Trinajstić information content (AvgIpc) is 3.37. The number of carboxylic acid groups (broad SMARTS) is 1. The van der Waals surface area contributed by atoms with Crippen molar-refractivity contribution >= 4 is 22.6 Å². The average molecular weight is 345 g/mol. The first-order chi connectivity index (χ1) is 11.7. The summed E-state index contributed by atoms with van der Waals surface area (Å²) in [5.74, 6) is -1.82. The maximum absolute atomic E-state index is 14.7. The molecule has 4 rings (SSSR count). The second-order valence-corrected chi connectivity index (χ2v) is 7.45. The highest BCUT2D eigenvalue weighted by Crippen LogP contribution is 2.40. The van der Waals surface area contributed by atoms with Gasteiger partial charge in [0.2, 0.25) is 5.43 Å². The third kappa shape index (κ3) is 2.33. The number of aromatic nitrogens is 1. The lowest BCUT2D eigenvalue weighted by atomic mass is 9.83. The molecule has 2 atom stereocenters. The van der Waals surface area contributed by atoms with Gasteiger partial charge >= 0.3 is 5.97 Å². The Morgan fingerprint density at radius 2 is 2.08 bits per heavy atom. The van der Waals surface area contributed by atoms with E-state index < -0.39 is 17.2 Å². The first-order valence-corrected chi connectivity index (χ1v) is 8.38. The third-order valence-electron chi connectivity index (χ3n) is 5.51. The largest absolute Gasteiger partial charge is 0.477 e. The van der Waals surface area contributed by atoms with E-state index in [2.05, 4.69) is 0 Å². The Balaban J connectivity index is 1.94. The van der Waals surface area contributed by atoms with Crippen molar-refractivity contribution in [3.63, 3.8) is 0 Å². The van der Waals surface area contributed by atoms with Gasteiger partial charge in [-0.05, 0) is 38.8 Å². The minimum Gasteiger partial charge on any atom is -0.477 e. The van der Waals surface area contributed by atoms with Gasteiger partial charge in [-0.3, -0.25) is 4.79 Å². The molecule has 0 radical (unpaired) electrons. The molecule has 1 aliphatic carbocycles. The fourth-order valence-corrected chi connectivity index (χ4v) is 3.56. The number of aromatic carboxylic acids is 1. The van der Waals surface area contributed by atoms with Crippen molar-refractivity contribution < 1.29 is 14.3 Å². The van der Waals surface area contributed by atoms with Crippen molar-refractivity contribution in [3.8, 4) is 0 Å². The lowest BCUT2D eigenvalue weighted by Gasteiger charge is -2.53. The maximum Gasteiger partial charge on any atom is 0.341 e. The summed E-state index contributed by atoms with van der Waals surface area (Å²) >= 11 is 0. The molecule has 6 nitrogen and oxygen atoms in total. The van der Waals surface area contributed by atoms with E-state index >= 15 is 0 Å². The van der Waals surface area contributed by atoms with E-state index in [1.165, 1.54) is 6.20 Å². The van der Waals surface area contributed by atoms with E-state index in [0.717, 1.165) is 18.9 Å². The number of hydrogen-bond acceptors (Lipinski definition) is 4. The van der Waals surface area contributed by atoms with Crippen LogP contribution < -0.4 is 16.1 Å². The molecular weight excluding hydrogens is 325 g/mol. The lowest BCUT2D eigenvalue weighted by Crippen LogP contribution is -2.72. The second-order valence-electron chi connectivity index (χ2n) is 7.45. The molecular formula is C18H20FN3O3. The predicted molar refractivity (Wildman–Crippen MR) is 92.8 cm³/mol. The minimum atomic E-state index is -1.29. The molecule has 2 fully saturated rings. The van der Waals surface area contributed by atoms with Crippen LogP contribution in [0.1, 0.15) is 43.1 Å². The summed E-state index contributed by atoms with van der Waals surface area (Å²) in [7, 11) is 0. The van der Waals surface area contributed by atoms with Gasteiger partial charge in [0.05, 0.1) is 16.7 Å². The number of rotatable bonds is 3. The molecule has 132 valence electrons. The van der Waals surface area contributed by atoms with Crippen LogP contribution >= 0.6 is 0 Å². The normalized spacial score (nSPS) is 25.9. The Morgan fingerprint density at radius 3 is 2.60 bits per heavy atom. The number of carboxylic acids is 1. The highest BCUT2D eigenvalue weighted by atomic mass is 19.1. The zero-order valence-electron chi connectivity index (χ0n) is 14.1. The summed E-state index contributed by atoms with van der Waals surface area (Å²) in [5, 5.41) is 9.38. The van der Waals surface area contributed by atoms with Gasteiger partial charge in [-0.1, -0.05) is 0 Å². The van der Waals surface area contributed by atoms with E-state index in [1.54, 1.807) is 10.6 Å². The number of benzene rings is 1. The molecule has 25 heavy (non-hydrogen) atoms. The quantitative estimate of drug-likeness (QED) is 0.889. The highest BCUT2D eigenvalue weighted by Gasteiger charge is 2.44. The van der Waals surface area contributed by atoms with Gasteiger partial charge in [-0.2, -0.15) is 0 Å². The summed E-state index contributed by atoms with van der Waals surface area (Å²) < 4.78 is 16.5. The maximum atomic E-state index is 14.7. The molecule has 7 heteroatoms. The van der Waals surface area contributed by atoms with Gasteiger partial charge in [0.1, 0.15) is 11.4 Å². The summed E-state index contributed by atoms with van der Waals surface area (Å²) in [6.07, 6.45) is 3.23. The number of carbonyl (C=O) groups is 1. The molecule has 0 amide bonds. The van der Waals surface area contributed by atoms with Crippen LogP contribution in [0.3, 0.4) is 0 Å². The first-order valence-electron chi connectivity index (χ1n) is 8.38. The number of hydrogen-bond donors (Lipinski definition) is 2. The van der Waals surface area contributed by atoms with Crippen molar-refractivity contribution in [1.29, 1.82) is 0 Å². The van der Waals surface area contributed by atoms with Crippen molar-refractivity contribution in [2.24, 2.45) is 5.73 Å². The van der Waals surface area contributed by atoms with E-state index in [1.807, 2.05) is 18.7 Å². The van der Waals surface area contributed by atoms with Gasteiger partial charge in [-0.25, -0.2) is 9.18 Å². The van der Waals surface area contributed by atoms with Gasteiger partial charge < -0.3 is 20.3 Å². The van der Waals surface area contributed by atoms with Crippen molar-refractivity contribution in [1.82, 2.24) is 4.57 Å². The van der Waals surface area contributed by atoms with Crippen molar-refractivity contribution in [2.75, 3.05) is 11.4 Å². The van der Waals surface area contributed by atoms with Gasteiger partial charge in [0, 0.05) is 30.2 Å². The van der Waals surface area contributed by atoms with Crippen LogP contribution in [0.2, 0.25) is 0 Å². The van der Waals surface area contributed by atoms with E-state index in [4.69, 9.17) is 5.73 Å². The molecule has 1 saturated carbocycles. The minimum absolute atomic E-state index is 0.0289. The summed E-state index contributed by atoms with van der Waals surface area (Å²) in [4.78, 5) is 25.7. The van der Waals surface area contributed by atoms with Crippen LogP contribution in [0.25, 0.3) is 10.9 Å². The van der Waals surface area contributed by atoms with Gasteiger partial charge in [0.25, 0.3) is 0 Å². The van der Waals surface area contributed by atoms with E-state index in [0.29, 0.717) is 17.7 Å². The summed E-state index contributed by atoms with van der Waals surface area (Å²) in [6, 6.07) is 2.95. The zero-order valence-corrected chi connectivity index (χ0v) is 14.1. The Labute approximate surface area is 143 Å². The Kier molecular flexibility index (Phi) is 3.25. The molecule has 3 N–H and O–H groups in total. The number of nitrogens with two attached hydrogens (primary N) is 1. The number of pyridine rings is 1. The molecule has 0 bridgehead atoms. The first kappa shape index (κ1) is 16.1. The Morgan fingerprint density at radius 1 is 1.40 bits per heavy atom. The van der Waals surface area contributed by atoms with Crippen LogP contribution in [0.5, 0.6) is 0 Å². The highest BCUT2D eigenvalue weighted by molar-refractivity contribution is 5.93. The van der Waals surface area contributed by atoms with Crippen molar-refractivity contribution in [3.05, 3.63) is 39.9 Å². The van der Waals surface area contributed by atoms with Gasteiger partial charge in [-0.15, -0.1) is 0 Å². The number of nitrogens with zero attached hydrogens (tertiary/aromatic N) is 2. The molecule has 1 aliphatic heterocycles. The predicted octanol–water partition coefficient (Wildman–Crippen LogP) is 2.10. The third-order valence-corrected chi connectivity index (χ3v) is 5.51. The molecule has 0 spiro atoms. The molecule has 1 aromatic carbocycles. The fourth-order valence-electron chi connectivity index (χ4n) is 3.56. The fraction of sp³-hybridized carbons (Fsp3) is 0.444. The Bertz CT molecular complexity index is 962. The van der Waals surface area contributed by atoms with Gasteiger partial charge in [0.15, 0.2) is 0 Å². The topological polar surface area (TPSA) is 88.6 Å². The molecule has 0 unspecified atom stereocenters. The molecule has 2 heterocycles. The Hall–Kier alpha value is -2.41. The van der Waals surface area contributed by atoms with Crippen LogP contribution in [-0.2, 0) is 0 Å².